The average Bonchev–Trinajstić information content (AvgIpc) is 2.91. The van der Waals surface area contributed by atoms with Gasteiger partial charge in [0.15, 0.2) is 9.84 Å². The van der Waals surface area contributed by atoms with E-state index in [0.29, 0.717) is 17.3 Å². The van der Waals surface area contributed by atoms with Gasteiger partial charge in [0.1, 0.15) is 11.6 Å². The minimum absolute atomic E-state index is 0.203. The molecule has 152 valence electrons. The molecule has 0 atom stereocenters. The molecule has 7 heteroatoms. The van der Waals surface area contributed by atoms with Crippen molar-refractivity contribution in [2.75, 3.05) is 50.5 Å². The number of halogens is 1. The first kappa shape index (κ1) is 20.6. The summed E-state index contributed by atoms with van der Waals surface area (Å²) in [6, 6.07) is 13.2. The van der Waals surface area contributed by atoms with Crippen LogP contribution in [0.3, 0.4) is 0 Å². The monoisotopic (exact) mass is 406 g/mol. The molecule has 0 spiro atoms. The van der Waals surface area contributed by atoms with Gasteiger partial charge in [-0.25, -0.2) is 12.8 Å². The number of rotatable bonds is 7. The Morgan fingerprint density at radius 2 is 1.68 bits per heavy atom. The molecule has 0 saturated carbocycles. The van der Waals surface area contributed by atoms with Crippen molar-refractivity contribution in [2.24, 2.45) is 0 Å². The summed E-state index contributed by atoms with van der Waals surface area (Å²) in [7, 11) is -3.17. The summed E-state index contributed by atoms with van der Waals surface area (Å²) in [5.74, 6) is 0.483. The maximum atomic E-state index is 13.1. The molecule has 2 aromatic carbocycles. The summed E-state index contributed by atoms with van der Waals surface area (Å²) in [6.07, 6.45) is 3.18. The highest BCUT2D eigenvalue weighted by atomic mass is 32.2. The highest BCUT2D eigenvalue weighted by molar-refractivity contribution is 7.90. The molecule has 2 aromatic rings. The number of anilines is 1. The summed E-state index contributed by atoms with van der Waals surface area (Å²) in [6.45, 7) is 5.47. The van der Waals surface area contributed by atoms with E-state index < -0.39 is 9.84 Å². The van der Waals surface area contributed by atoms with E-state index in [1.165, 1.54) is 18.4 Å². The number of hydrogen-bond donors (Lipinski definition) is 0. The smallest absolute Gasteiger partial charge is 0.175 e. The van der Waals surface area contributed by atoms with Crippen molar-refractivity contribution < 1.29 is 17.5 Å². The van der Waals surface area contributed by atoms with Crippen molar-refractivity contribution in [3.05, 3.63) is 54.3 Å². The maximum absolute atomic E-state index is 13.1. The maximum Gasteiger partial charge on any atom is 0.175 e. The molecule has 1 heterocycles. The van der Waals surface area contributed by atoms with Crippen LogP contribution in [0, 0.1) is 5.82 Å². The third-order valence-electron chi connectivity index (χ3n) is 4.92. The van der Waals surface area contributed by atoms with E-state index in [1.54, 1.807) is 24.3 Å². The highest BCUT2D eigenvalue weighted by Gasteiger charge is 2.15. The van der Waals surface area contributed by atoms with Crippen LogP contribution in [0.15, 0.2) is 53.4 Å². The van der Waals surface area contributed by atoms with E-state index in [0.717, 1.165) is 51.3 Å². The van der Waals surface area contributed by atoms with Crippen LogP contribution in [0.4, 0.5) is 10.1 Å². The largest absolute Gasteiger partial charge is 0.494 e. The number of sulfone groups is 1. The number of nitrogens with zero attached hydrogens (tertiary/aromatic N) is 2. The second-order valence-corrected chi connectivity index (χ2v) is 9.12. The van der Waals surface area contributed by atoms with Crippen LogP contribution in [-0.4, -0.2) is 58.9 Å². The molecule has 0 aromatic heterocycles. The van der Waals surface area contributed by atoms with Gasteiger partial charge < -0.3 is 14.5 Å². The SMILES string of the molecule is CS(=O)(=O)c1ccc(OCCCN2CCCN(c3ccc(F)cc3)CC2)cc1. The molecule has 1 fully saturated rings. The molecule has 0 radical (unpaired) electrons. The first-order valence-corrected chi connectivity index (χ1v) is 11.5. The second-order valence-electron chi connectivity index (χ2n) is 7.10. The lowest BCUT2D eigenvalue weighted by atomic mass is 10.2. The van der Waals surface area contributed by atoms with Crippen LogP contribution in [-0.2, 0) is 9.84 Å². The van der Waals surface area contributed by atoms with Gasteiger partial charge in [-0.3, -0.25) is 0 Å². The van der Waals surface area contributed by atoms with Crippen LogP contribution in [0.1, 0.15) is 12.8 Å². The lowest BCUT2D eigenvalue weighted by Crippen LogP contribution is -2.31. The van der Waals surface area contributed by atoms with Crippen molar-refractivity contribution in [1.29, 1.82) is 0 Å². The van der Waals surface area contributed by atoms with Gasteiger partial charge in [0.25, 0.3) is 0 Å². The zero-order valence-electron chi connectivity index (χ0n) is 16.2. The number of benzene rings is 2. The van der Waals surface area contributed by atoms with Crippen LogP contribution in [0.2, 0.25) is 0 Å². The molecule has 28 heavy (non-hydrogen) atoms. The Bertz CT molecular complexity index is 854. The predicted molar refractivity (Wildman–Crippen MR) is 109 cm³/mol. The first-order chi connectivity index (χ1) is 13.4. The average molecular weight is 407 g/mol. The topological polar surface area (TPSA) is 49.9 Å². The predicted octanol–water partition coefficient (Wildman–Crippen LogP) is 3.21. The van der Waals surface area contributed by atoms with Crippen molar-refractivity contribution in [3.8, 4) is 5.75 Å². The van der Waals surface area contributed by atoms with Gasteiger partial charge in [-0.1, -0.05) is 0 Å². The third-order valence-corrected chi connectivity index (χ3v) is 6.05. The molecule has 0 N–H and O–H groups in total. The molecule has 0 aliphatic carbocycles. The third kappa shape index (κ3) is 5.94. The Morgan fingerprint density at radius 1 is 0.964 bits per heavy atom. The molecule has 1 aliphatic rings. The van der Waals surface area contributed by atoms with E-state index in [9.17, 15) is 12.8 Å². The molecular weight excluding hydrogens is 379 g/mol. The van der Waals surface area contributed by atoms with E-state index in [2.05, 4.69) is 9.80 Å². The van der Waals surface area contributed by atoms with Crippen LogP contribution < -0.4 is 9.64 Å². The van der Waals surface area contributed by atoms with E-state index in [-0.39, 0.29) is 5.82 Å². The van der Waals surface area contributed by atoms with Crippen molar-refractivity contribution in [1.82, 2.24) is 4.90 Å². The Balaban J connectivity index is 1.40. The second kappa shape index (κ2) is 9.39. The van der Waals surface area contributed by atoms with Crippen molar-refractivity contribution in [3.63, 3.8) is 0 Å². The minimum atomic E-state index is -3.17. The molecule has 1 saturated heterocycles. The van der Waals surface area contributed by atoms with Crippen LogP contribution in [0.25, 0.3) is 0 Å². The summed E-state index contributed by atoms with van der Waals surface area (Å²) >= 11 is 0. The molecule has 0 unspecified atom stereocenters. The Kier molecular flexibility index (Phi) is 6.91. The Morgan fingerprint density at radius 3 is 2.36 bits per heavy atom. The molecule has 0 amide bonds. The minimum Gasteiger partial charge on any atom is -0.494 e. The van der Waals surface area contributed by atoms with E-state index >= 15 is 0 Å². The lowest BCUT2D eigenvalue weighted by molar-refractivity contribution is 0.244. The summed E-state index contributed by atoms with van der Waals surface area (Å²) in [5.41, 5.74) is 1.07. The van der Waals surface area contributed by atoms with Gasteiger partial charge in [0, 0.05) is 38.1 Å². The van der Waals surface area contributed by atoms with Gasteiger partial charge in [0.05, 0.1) is 11.5 Å². The van der Waals surface area contributed by atoms with Crippen molar-refractivity contribution in [2.45, 2.75) is 17.7 Å². The van der Waals surface area contributed by atoms with Gasteiger partial charge in [-0.2, -0.15) is 0 Å². The van der Waals surface area contributed by atoms with Gasteiger partial charge in [-0.05, 0) is 67.9 Å². The van der Waals surface area contributed by atoms with Crippen LogP contribution >= 0.6 is 0 Å². The van der Waals surface area contributed by atoms with Crippen molar-refractivity contribution >= 4 is 15.5 Å². The molecule has 0 bridgehead atoms. The zero-order chi connectivity index (χ0) is 20.0. The standard InChI is InChI=1S/C21H27FN2O3S/c1-28(25,26)21-10-8-20(9-11-21)27-17-3-13-23-12-2-14-24(16-15-23)19-6-4-18(22)5-7-19/h4-11H,2-3,12-17H2,1H3. The Labute approximate surface area is 166 Å². The highest BCUT2D eigenvalue weighted by Crippen LogP contribution is 2.18. The fourth-order valence-corrected chi connectivity index (χ4v) is 4.00. The quantitative estimate of drug-likeness (QED) is 0.661. The fraction of sp³-hybridized carbons (Fsp3) is 0.429. The molecule has 3 rings (SSSR count). The Hall–Kier alpha value is -2.12. The number of ether oxygens (including phenoxy) is 1. The molecule has 5 nitrogen and oxygen atoms in total. The molecule has 1 aliphatic heterocycles. The van der Waals surface area contributed by atoms with Crippen LogP contribution in [0.5, 0.6) is 5.75 Å². The van der Waals surface area contributed by atoms with E-state index in [1.807, 2.05) is 12.1 Å². The van der Waals surface area contributed by atoms with Gasteiger partial charge in [-0.15, -0.1) is 0 Å². The van der Waals surface area contributed by atoms with Gasteiger partial charge >= 0.3 is 0 Å². The van der Waals surface area contributed by atoms with E-state index in [4.69, 9.17) is 4.74 Å². The molecular formula is C21H27FN2O3S. The normalized spacial score (nSPS) is 16.0. The van der Waals surface area contributed by atoms with Gasteiger partial charge in [0.2, 0.25) is 0 Å². The lowest BCUT2D eigenvalue weighted by Gasteiger charge is -2.23. The summed E-state index contributed by atoms with van der Waals surface area (Å²) < 4.78 is 41.8. The number of hydrogen-bond acceptors (Lipinski definition) is 5. The summed E-state index contributed by atoms with van der Waals surface area (Å²) in [5, 5.41) is 0. The fourth-order valence-electron chi connectivity index (χ4n) is 3.37. The zero-order valence-corrected chi connectivity index (χ0v) is 17.0. The summed E-state index contributed by atoms with van der Waals surface area (Å²) in [4.78, 5) is 5.04. The first-order valence-electron chi connectivity index (χ1n) is 9.57.